The summed E-state index contributed by atoms with van der Waals surface area (Å²) in [6.45, 7) is 9.56. The third-order valence-corrected chi connectivity index (χ3v) is 4.51. The number of aromatic nitrogens is 2. The fourth-order valence-electron chi connectivity index (χ4n) is 3.10. The highest BCUT2D eigenvalue weighted by molar-refractivity contribution is 5.88. The highest BCUT2D eigenvalue weighted by Crippen LogP contribution is 2.33. The average molecular weight is 363 g/mol. The van der Waals surface area contributed by atoms with Crippen molar-refractivity contribution in [3.8, 4) is 22.5 Å². The Morgan fingerprint density at radius 1 is 1.07 bits per heavy atom. The number of benzene rings is 2. The second-order valence-electron chi connectivity index (χ2n) is 7.59. The molecule has 1 aromatic heterocycles. The molecule has 0 aliphatic heterocycles. The Kier molecular flexibility index (Phi) is 5.04. The maximum Gasteiger partial charge on any atom is 0.335 e. The minimum Gasteiger partial charge on any atom is -0.478 e. The SMILES string of the molecule is CCNc1cc(-c2cc(-c3ccc(C(=O)O)cc3)[nH]n2)ccc1C(C)(C)C. The zero-order valence-electron chi connectivity index (χ0n) is 16.1. The van der Waals surface area contributed by atoms with Crippen molar-refractivity contribution in [2.75, 3.05) is 11.9 Å². The van der Waals surface area contributed by atoms with Crippen LogP contribution in [0.25, 0.3) is 22.5 Å². The summed E-state index contributed by atoms with van der Waals surface area (Å²) in [7, 11) is 0. The van der Waals surface area contributed by atoms with Crippen LogP contribution in [0.2, 0.25) is 0 Å². The standard InChI is InChI=1S/C22H25N3O2/c1-5-23-20-12-16(10-11-17(20)22(2,3)4)19-13-18(24-25-19)14-6-8-15(9-7-14)21(26)27/h6-13,23H,5H2,1-4H3,(H,24,25)(H,26,27). The molecule has 0 aliphatic rings. The van der Waals surface area contributed by atoms with Crippen LogP contribution in [-0.2, 0) is 5.41 Å². The summed E-state index contributed by atoms with van der Waals surface area (Å²) in [4.78, 5) is 11.0. The Morgan fingerprint density at radius 3 is 2.33 bits per heavy atom. The molecule has 0 aliphatic carbocycles. The van der Waals surface area contributed by atoms with Gasteiger partial charge in [0.25, 0.3) is 0 Å². The molecule has 3 N–H and O–H groups in total. The molecular formula is C22H25N3O2. The second kappa shape index (κ2) is 7.27. The van der Waals surface area contributed by atoms with E-state index in [9.17, 15) is 4.79 Å². The fourth-order valence-corrected chi connectivity index (χ4v) is 3.10. The van der Waals surface area contributed by atoms with Gasteiger partial charge in [0.1, 0.15) is 0 Å². The highest BCUT2D eigenvalue weighted by Gasteiger charge is 2.19. The lowest BCUT2D eigenvalue weighted by atomic mass is 9.85. The van der Waals surface area contributed by atoms with E-state index in [2.05, 4.69) is 61.4 Å². The Labute approximate surface area is 159 Å². The second-order valence-corrected chi connectivity index (χ2v) is 7.59. The van der Waals surface area contributed by atoms with Crippen molar-refractivity contribution in [3.05, 3.63) is 59.7 Å². The molecule has 3 aromatic rings. The predicted octanol–water partition coefficient (Wildman–Crippen LogP) is 5.17. The summed E-state index contributed by atoms with van der Waals surface area (Å²) in [5.74, 6) is -0.929. The molecule has 1 heterocycles. The summed E-state index contributed by atoms with van der Waals surface area (Å²) in [6.07, 6.45) is 0. The number of carboxylic acids is 1. The van der Waals surface area contributed by atoms with Crippen LogP contribution in [0.4, 0.5) is 5.69 Å². The topological polar surface area (TPSA) is 78.0 Å². The number of aromatic carboxylic acids is 1. The smallest absolute Gasteiger partial charge is 0.335 e. The first-order chi connectivity index (χ1) is 12.8. The Bertz CT molecular complexity index is 950. The quantitative estimate of drug-likeness (QED) is 0.584. The van der Waals surface area contributed by atoms with Gasteiger partial charge in [-0.15, -0.1) is 0 Å². The first-order valence-corrected chi connectivity index (χ1v) is 9.07. The van der Waals surface area contributed by atoms with Crippen LogP contribution in [0, 0.1) is 0 Å². The zero-order chi connectivity index (χ0) is 19.6. The van der Waals surface area contributed by atoms with Crippen molar-refractivity contribution in [1.29, 1.82) is 0 Å². The zero-order valence-corrected chi connectivity index (χ0v) is 16.1. The maximum atomic E-state index is 11.0. The lowest BCUT2D eigenvalue weighted by Gasteiger charge is -2.23. The molecule has 0 spiro atoms. The number of rotatable bonds is 5. The van der Waals surface area contributed by atoms with E-state index in [1.807, 2.05) is 6.07 Å². The lowest BCUT2D eigenvalue weighted by Crippen LogP contribution is -2.15. The molecule has 5 nitrogen and oxygen atoms in total. The van der Waals surface area contributed by atoms with E-state index in [-0.39, 0.29) is 11.0 Å². The Hall–Kier alpha value is -3.08. The van der Waals surface area contributed by atoms with Gasteiger partial charge in [0.05, 0.1) is 17.0 Å². The van der Waals surface area contributed by atoms with Crippen LogP contribution in [0.15, 0.2) is 48.5 Å². The first-order valence-electron chi connectivity index (χ1n) is 9.07. The van der Waals surface area contributed by atoms with Crippen LogP contribution in [-0.4, -0.2) is 27.8 Å². The summed E-state index contributed by atoms with van der Waals surface area (Å²) in [5, 5.41) is 20.0. The van der Waals surface area contributed by atoms with Gasteiger partial charge in [-0.2, -0.15) is 5.10 Å². The summed E-state index contributed by atoms with van der Waals surface area (Å²) in [5.41, 5.74) is 6.36. The fraction of sp³-hybridized carbons (Fsp3) is 0.273. The van der Waals surface area contributed by atoms with E-state index in [4.69, 9.17) is 5.11 Å². The van der Waals surface area contributed by atoms with E-state index >= 15 is 0 Å². The van der Waals surface area contributed by atoms with Crippen LogP contribution >= 0.6 is 0 Å². The van der Waals surface area contributed by atoms with Crippen LogP contribution < -0.4 is 5.32 Å². The summed E-state index contributed by atoms with van der Waals surface area (Å²) in [6, 6.07) is 15.1. The number of nitrogens with one attached hydrogen (secondary N) is 2. The third kappa shape index (κ3) is 4.03. The number of hydrogen-bond acceptors (Lipinski definition) is 3. The van der Waals surface area contributed by atoms with Crippen molar-refractivity contribution in [3.63, 3.8) is 0 Å². The number of H-pyrrole nitrogens is 1. The average Bonchev–Trinajstić information content (AvgIpc) is 3.11. The van der Waals surface area contributed by atoms with Gasteiger partial charge in [0.2, 0.25) is 0 Å². The molecule has 5 heteroatoms. The van der Waals surface area contributed by atoms with E-state index in [1.54, 1.807) is 24.3 Å². The molecule has 140 valence electrons. The van der Waals surface area contributed by atoms with Crippen LogP contribution in [0.5, 0.6) is 0 Å². The molecule has 0 saturated carbocycles. The molecule has 0 atom stereocenters. The van der Waals surface area contributed by atoms with E-state index in [0.29, 0.717) is 0 Å². The van der Waals surface area contributed by atoms with Crippen molar-refractivity contribution in [2.24, 2.45) is 0 Å². The van der Waals surface area contributed by atoms with Gasteiger partial charge in [0, 0.05) is 17.8 Å². The first kappa shape index (κ1) is 18.7. The molecule has 2 aromatic carbocycles. The van der Waals surface area contributed by atoms with Gasteiger partial charge in [-0.1, -0.05) is 45.0 Å². The molecule has 27 heavy (non-hydrogen) atoms. The monoisotopic (exact) mass is 363 g/mol. The molecule has 0 radical (unpaired) electrons. The minimum absolute atomic E-state index is 0.0542. The third-order valence-electron chi connectivity index (χ3n) is 4.51. The number of nitrogens with zero attached hydrogens (tertiary/aromatic N) is 1. The predicted molar refractivity (Wildman–Crippen MR) is 109 cm³/mol. The maximum absolute atomic E-state index is 11.0. The number of hydrogen-bond donors (Lipinski definition) is 3. The van der Waals surface area contributed by atoms with Gasteiger partial charge in [-0.3, -0.25) is 5.10 Å². The Morgan fingerprint density at radius 2 is 1.74 bits per heavy atom. The number of aromatic amines is 1. The molecular weight excluding hydrogens is 338 g/mol. The van der Waals surface area contributed by atoms with Crippen molar-refractivity contribution in [1.82, 2.24) is 10.2 Å². The van der Waals surface area contributed by atoms with Crippen molar-refractivity contribution >= 4 is 11.7 Å². The van der Waals surface area contributed by atoms with Gasteiger partial charge in [-0.25, -0.2) is 4.79 Å². The van der Waals surface area contributed by atoms with E-state index in [1.165, 1.54) is 5.56 Å². The normalized spacial score (nSPS) is 11.4. The number of carboxylic acid groups (broad SMARTS) is 1. The molecule has 0 fully saturated rings. The van der Waals surface area contributed by atoms with Crippen molar-refractivity contribution < 1.29 is 9.90 Å². The van der Waals surface area contributed by atoms with Crippen LogP contribution in [0.3, 0.4) is 0 Å². The largest absolute Gasteiger partial charge is 0.478 e. The lowest BCUT2D eigenvalue weighted by molar-refractivity contribution is 0.0697. The molecule has 0 amide bonds. The minimum atomic E-state index is -0.929. The Balaban J connectivity index is 1.94. The van der Waals surface area contributed by atoms with Gasteiger partial charge in [-0.05, 0) is 47.7 Å². The van der Waals surface area contributed by atoms with Gasteiger partial charge < -0.3 is 10.4 Å². The van der Waals surface area contributed by atoms with Gasteiger partial charge >= 0.3 is 5.97 Å². The van der Waals surface area contributed by atoms with E-state index < -0.39 is 5.97 Å². The number of anilines is 1. The van der Waals surface area contributed by atoms with E-state index in [0.717, 1.165) is 34.7 Å². The molecule has 0 unspecified atom stereocenters. The summed E-state index contributed by atoms with van der Waals surface area (Å²) >= 11 is 0. The van der Waals surface area contributed by atoms with Crippen molar-refractivity contribution in [2.45, 2.75) is 33.1 Å². The molecule has 0 saturated heterocycles. The van der Waals surface area contributed by atoms with Crippen LogP contribution in [0.1, 0.15) is 43.6 Å². The molecule has 3 rings (SSSR count). The molecule has 0 bridgehead atoms. The van der Waals surface area contributed by atoms with Gasteiger partial charge in [0.15, 0.2) is 0 Å². The highest BCUT2D eigenvalue weighted by atomic mass is 16.4. The summed E-state index contributed by atoms with van der Waals surface area (Å²) < 4.78 is 0. The number of carbonyl (C=O) groups is 1.